The maximum absolute atomic E-state index is 4.37. The van der Waals surface area contributed by atoms with E-state index in [-0.39, 0.29) is 0 Å². The summed E-state index contributed by atoms with van der Waals surface area (Å²) < 4.78 is 1.85. The average Bonchev–Trinajstić information content (AvgIpc) is 2.69. The smallest absolute Gasteiger partial charge is 0.0762 e. The highest BCUT2D eigenvalue weighted by Gasteiger charge is 2.10. The Balaban J connectivity index is 2.33. The van der Waals surface area contributed by atoms with Gasteiger partial charge in [0.15, 0.2) is 0 Å². The molecule has 2 atom stereocenters. The van der Waals surface area contributed by atoms with Crippen molar-refractivity contribution in [1.29, 1.82) is 0 Å². The van der Waals surface area contributed by atoms with Crippen molar-refractivity contribution < 1.29 is 0 Å². The summed E-state index contributed by atoms with van der Waals surface area (Å²) >= 11 is 0. The average molecular weight is 223 g/mol. The summed E-state index contributed by atoms with van der Waals surface area (Å²) in [5.74, 6) is 0.807. The van der Waals surface area contributed by atoms with E-state index < -0.39 is 0 Å². The molecule has 0 spiro atoms. The lowest BCUT2D eigenvalue weighted by atomic mass is 9.98. The van der Waals surface area contributed by atoms with Gasteiger partial charge in [-0.2, -0.15) is 5.10 Å². The lowest BCUT2D eigenvalue weighted by Crippen LogP contribution is -2.29. The van der Waals surface area contributed by atoms with E-state index in [1.807, 2.05) is 17.9 Å². The Morgan fingerprint density at radius 1 is 1.38 bits per heavy atom. The zero-order valence-electron chi connectivity index (χ0n) is 11.0. The Hall–Kier alpha value is -0.830. The molecular weight excluding hydrogens is 198 g/mol. The van der Waals surface area contributed by atoms with Crippen molar-refractivity contribution in [2.45, 2.75) is 52.6 Å². The summed E-state index contributed by atoms with van der Waals surface area (Å²) in [6.07, 6.45) is 5.71. The van der Waals surface area contributed by atoms with E-state index in [2.05, 4.69) is 37.3 Å². The van der Waals surface area contributed by atoms with E-state index in [0.29, 0.717) is 6.04 Å². The third kappa shape index (κ3) is 4.35. The lowest BCUT2D eigenvalue weighted by Gasteiger charge is -2.19. The highest BCUT2D eigenvalue weighted by Crippen LogP contribution is 2.12. The van der Waals surface area contributed by atoms with Crippen molar-refractivity contribution >= 4 is 0 Å². The number of hydrogen-bond acceptors (Lipinski definition) is 2. The van der Waals surface area contributed by atoms with Crippen LogP contribution in [0.3, 0.4) is 0 Å². The molecule has 1 aromatic heterocycles. The van der Waals surface area contributed by atoms with Crippen molar-refractivity contribution in [3.05, 3.63) is 18.0 Å². The minimum atomic E-state index is 0.622. The molecular formula is C13H25N3. The van der Waals surface area contributed by atoms with Crippen LogP contribution in [0.1, 0.15) is 45.7 Å². The van der Waals surface area contributed by atoms with Gasteiger partial charge in [0.05, 0.1) is 5.69 Å². The molecule has 0 saturated carbocycles. The van der Waals surface area contributed by atoms with Crippen LogP contribution in [0.4, 0.5) is 0 Å². The molecule has 16 heavy (non-hydrogen) atoms. The van der Waals surface area contributed by atoms with Crippen LogP contribution in [0.2, 0.25) is 0 Å². The largest absolute Gasteiger partial charge is 0.308 e. The van der Waals surface area contributed by atoms with E-state index in [4.69, 9.17) is 0 Å². The van der Waals surface area contributed by atoms with E-state index >= 15 is 0 Å². The van der Waals surface area contributed by atoms with Crippen LogP contribution >= 0.6 is 0 Å². The molecule has 0 radical (unpaired) electrons. The van der Waals surface area contributed by atoms with Gasteiger partial charge in [0, 0.05) is 25.8 Å². The van der Waals surface area contributed by atoms with Gasteiger partial charge in [0.2, 0.25) is 0 Å². The normalized spacial score (nSPS) is 15.0. The molecule has 2 unspecified atom stereocenters. The molecule has 0 amide bonds. The van der Waals surface area contributed by atoms with E-state index in [1.54, 1.807) is 0 Å². The molecule has 1 rings (SSSR count). The Bertz CT molecular complexity index is 293. The summed E-state index contributed by atoms with van der Waals surface area (Å²) in [4.78, 5) is 0. The Morgan fingerprint density at radius 3 is 2.62 bits per heavy atom. The second-order valence-corrected chi connectivity index (χ2v) is 4.72. The fourth-order valence-electron chi connectivity index (χ4n) is 1.85. The molecule has 3 heteroatoms. The maximum atomic E-state index is 4.37. The first kappa shape index (κ1) is 13.2. The fraction of sp³-hybridized carbons (Fsp3) is 0.769. The van der Waals surface area contributed by atoms with Crippen molar-refractivity contribution in [1.82, 2.24) is 15.1 Å². The van der Waals surface area contributed by atoms with Gasteiger partial charge < -0.3 is 5.32 Å². The van der Waals surface area contributed by atoms with Crippen molar-refractivity contribution in [2.24, 2.45) is 13.0 Å². The summed E-state index contributed by atoms with van der Waals surface area (Å²) in [6, 6.07) is 2.69. The van der Waals surface area contributed by atoms with Crippen molar-refractivity contribution in [2.75, 3.05) is 0 Å². The third-order valence-electron chi connectivity index (χ3n) is 3.22. The summed E-state index contributed by atoms with van der Waals surface area (Å²) in [6.45, 7) is 7.72. The van der Waals surface area contributed by atoms with Gasteiger partial charge in [-0.25, -0.2) is 0 Å². The Kier molecular flexibility index (Phi) is 5.53. The monoisotopic (exact) mass is 223 g/mol. The maximum Gasteiger partial charge on any atom is 0.0762 e. The topological polar surface area (TPSA) is 29.9 Å². The zero-order valence-corrected chi connectivity index (χ0v) is 11.0. The minimum absolute atomic E-state index is 0.622. The minimum Gasteiger partial charge on any atom is -0.308 e. The van der Waals surface area contributed by atoms with Gasteiger partial charge in [0.1, 0.15) is 0 Å². The lowest BCUT2D eigenvalue weighted by molar-refractivity contribution is 0.382. The molecule has 1 N–H and O–H groups in total. The standard InChI is InChI=1S/C13H25N3/c1-5-11(3)9-12(6-2)14-10-13-7-8-16(4)15-13/h7-8,11-12,14H,5-6,9-10H2,1-4H3. The summed E-state index contributed by atoms with van der Waals surface area (Å²) in [5, 5.41) is 7.96. The molecule has 0 saturated heterocycles. The quantitative estimate of drug-likeness (QED) is 0.770. The predicted molar refractivity (Wildman–Crippen MR) is 68.2 cm³/mol. The number of nitrogens with one attached hydrogen (secondary N) is 1. The molecule has 1 aromatic rings. The van der Waals surface area contributed by atoms with E-state index in [1.165, 1.54) is 19.3 Å². The molecule has 3 nitrogen and oxygen atoms in total. The third-order valence-corrected chi connectivity index (χ3v) is 3.22. The van der Waals surface area contributed by atoms with Crippen LogP contribution in [0.5, 0.6) is 0 Å². The van der Waals surface area contributed by atoms with E-state index in [9.17, 15) is 0 Å². The molecule has 0 fully saturated rings. The molecule has 0 aliphatic rings. The first-order valence-electron chi connectivity index (χ1n) is 6.37. The highest BCUT2D eigenvalue weighted by atomic mass is 15.3. The van der Waals surface area contributed by atoms with Gasteiger partial charge in [-0.05, 0) is 24.8 Å². The number of nitrogens with zero attached hydrogens (tertiary/aromatic N) is 2. The van der Waals surface area contributed by atoms with Crippen LogP contribution in [-0.2, 0) is 13.6 Å². The van der Waals surface area contributed by atoms with E-state index in [0.717, 1.165) is 18.2 Å². The van der Waals surface area contributed by atoms with Gasteiger partial charge >= 0.3 is 0 Å². The molecule has 0 aliphatic carbocycles. The van der Waals surface area contributed by atoms with Crippen LogP contribution < -0.4 is 5.32 Å². The number of aromatic nitrogens is 2. The van der Waals surface area contributed by atoms with Crippen LogP contribution in [0.25, 0.3) is 0 Å². The van der Waals surface area contributed by atoms with Gasteiger partial charge in [0.25, 0.3) is 0 Å². The second-order valence-electron chi connectivity index (χ2n) is 4.72. The summed E-state index contributed by atoms with van der Waals surface area (Å²) in [7, 11) is 1.96. The first-order valence-corrected chi connectivity index (χ1v) is 6.37. The predicted octanol–water partition coefficient (Wildman–Crippen LogP) is 2.72. The SMILES string of the molecule is CCC(C)CC(CC)NCc1ccn(C)n1. The van der Waals surface area contributed by atoms with Crippen molar-refractivity contribution in [3.8, 4) is 0 Å². The summed E-state index contributed by atoms with van der Waals surface area (Å²) in [5.41, 5.74) is 1.13. The number of aryl methyl sites for hydroxylation is 1. The highest BCUT2D eigenvalue weighted by molar-refractivity contribution is 4.98. The second kappa shape index (κ2) is 6.69. The number of hydrogen-bond donors (Lipinski definition) is 1. The molecule has 0 bridgehead atoms. The van der Waals surface area contributed by atoms with Gasteiger partial charge in [-0.1, -0.05) is 27.2 Å². The molecule has 1 heterocycles. The number of rotatable bonds is 7. The van der Waals surface area contributed by atoms with Crippen LogP contribution in [0, 0.1) is 5.92 Å². The van der Waals surface area contributed by atoms with Crippen molar-refractivity contribution in [3.63, 3.8) is 0 Å². The Morgan fingerprint density at radius 2 is 2.12 bits per heavy atom. The first-order chi connectivity index (χ1) is 7.65. The van der Waals surface area contributed by atoms with Crippen LogP contribution in [-0.4, -0.2) is 15.8 Å². The molecule has 0 aromatic carbocycles. The zero-order chi connectivity index (χ0) is 12.0. The van der Waals surface area contributed by atoms with Gasteiger partial charge in [-0.3, -0.25) is 4.68 Å². The molecule has 0 aliphatic heterocycles. The Labute approximate surface area is 99.2 Å². The molecule has 92 valence electrons. The van der Waals surface area contributed by atoms with Gasteiger partial charge in [-0.15, -0.1) is 0 Å². The van der Waals surface area contributed by atoms with Crippen LogP contribution in [0.15, 0.2) is 12.3 Å². The fourth-order valence-corrected chi connectivity index (χ4v) is 1.85.